The minimum atomic E-state index is -0.428. The maximum absolute atomic E-state index is 12.4. The van der Waals surface area contributed by atoms with E-state index in [0.29, 0.717) is 28.7 Å². The summed E-state index contributed by atoms with van der Waals surface area (Å²) in [6, 6.07) is 15.0. The quantitative estimate of drug-likeness (QED) is 0.524. The first-order valence-corrected chi connectivity index (χ1v) is 8.26. The summed E-state index contributed by atoms with van der Waals surface area (Å²) in [4.78, 5) is 38.7. The summed E-state index contributed by atoms with van der Waals surface area (Å²) in [5.41, 5.74) is 0.966. The van der Waals surface area contributed by atoms with Crippen LogP contribution in [0.25, 0.3) is 10.8 Å². The van der Waals surface area contributed by atoms with E-state index in [1.807, 2.05) is 0 Å². The van der Waals surface area contributed by atoms with Crippen LogP contribution < -0.4 is 21.5 Å². The third-order valence-electron chi connectivity index (χ3n) is 3.81. The maximum Gasteiger partial charge on any atom is 0.319 e. The monoisotopic (exact) mass is 362 g/mol. The van der Waals surface area contributed by atoms with E-state index in [-0.39, 0.29) is 17.3 Å². The van der Waals surface area contributed by atoms with Crippen molar-refractivity contribution in [2.75, 3.05) is 17.2 Å². The average molecular weight is 362 g/mol. The van der Waals surface area contributed by atoms with E-state index in [2.05, 4.69) is 27.5 Å². The standard InChI is InChI=1S/C20H18N4O3/c1-2-11-21-20(27)23-15-9-7-14(8-10-15)22-19(26)17-12-13-5-3-4-6-16(13)18(25)24-17/h2-10,12H,1,11H2,(H,22,26)(H,24,25)(H2,21,23,27). The molecule has 0 aliphatic rings. The van der Waals surface area contributed by atoms with Gasteiger partial charge in [0.15, 0.2) is 0 Å². The number of benzene rings is 2. The summed E-state index contributed by atoms with van der Waals surface area (Å²) in [5.74, 6) is -0.428. The summed E-state index contributed by atoms with van der Waals surface area (Å²) in [6.45, 7) is 3.89. The summed E-state index contributed by atoms with van der Waals surface area (Å²) in [5, 5.41) is 9.19. The number of pyridine rings is 1. The van der Waals surface area contributed by atoms with Gasteiger partial charge in [-0.05, 0) is 41.8 Å². The van der Waals surface area contributed by atoms with Gasteiger partial charge in [-0.1, -0.05) is 24.3 Å². The number of hydrogen-bond donors (Lipinski definition) is 4. The van der Waals surface area contributed by atoms with Gasteiger partial charge in [0, 0.05) is 23.3 Å². The fourth-order valence-corrected chi connectivity index (χ4v) is 2.51. The molecular formula is C20H18N4O3. The highest BCUT2D eigenvalue weighted by Gasteiger charge is 2.10. The van der Waals surface area contributed by atoms with Crippen molar-refractivity contribution < 1.29 is 9.59 Å². The maximum atomic E-state index is 12.4. The molecular weight excluding hydrogens is 344 g/mol. The largest absolute Gasteiger partial charge is 0.334 e. The Morgan fingerprint density at radius 2 is 1.67 bits per heavy atom. The molecule has 3 rings (SSSR count). The highest BCUT2D eigenvalue weighted by molar-refractivity contribution is 6.04. The first-order valence-electron chi connectivity index (χ1n) is 8.26. The van der Waals surface area contributed by atoms with E-state index < -0.39 is 5.91 Å². The first-order chi connectivity index (χ1) is 13.1. The zero-order chi connectivity index (χ0) is 19.2. The molecule has 27 heavy (non-hydrogen) atoms. The fraction of sp³-hybridized carbons (Fsp3) is 0.0500. The van der Waals surface area contributed by atoms with Crippen molar-refractivity contribution in [3.05, 3.63) is 83.3 Å². The second-order valence-electron chi connectivity index (χ2n) is 5.75. The molecule has 0 aliphatic carbocycles. The number of aromatic amines is 1. The lowest BCUT2D eigenvalue weighted by atomic mass is 10.1. The van der Waals surface area contributed by atoms with Gasteiger partial charge in [0.05, 0.1) is 0 Å². The number of hydrogen-bond acceptors (Lipinski definition) is 3. The number of amides is 3. The number of H-pyrrole nitrogens is 1. The summed E-state index contributed by atoms with van der Waals surface area (Å²) >= 11 is 0. The highest BCUT2D eigenvalue weighted by atomic mass is 16.2. The van der Waals surface area contributed by atoms with Crippen molar-refractivity contribution in [1.82, 2.24) is 10.3 Å². The zero-order valence-corrected chi connectivity index (χ0v) is 14.4. The van der Waals surface area contributed by atoms with Crippen molar-refractivity contribution in [3.63, 3.8) is 0 Å². The van der Waals surface area contributed by atoms with Crippen LogP contribution in [0.4, 0.5) is 16.2 Å². The zero-order valence-electron chi connectivity index (χ0n) is 14.4. The Morgan fingerprint density at radius 1 is 1.00 bits per heavy atom. The Balaban J connectivity index is 1.70. The van der Waals surface area contributed by atoms with Crippen LogP contribution in [0.15, 0.2) is 72.0 Å². The normalized spacial score (nSPS) is 10.2. The molecule has 4 N–H and O–H groups in total. The minimum absolute atomic E-state index is 0.171. The summed E-state index contributed by atoms with van der Waals surface area (Å²) < 4.78 is 0. The number of nitrogens with one attached hydrogen (secondary N) is 4. The second-order valence-corrected chi connectivity index (χ2v) is 5.75. The van der Waals surface area contributed by atoms with Gasteiger partial charge >= 0.3 is 6.03 Å². The highest BCUT2D eigenvalue weighted by Crippen LogP contribution is 2.15. The predicted molar refractivity (Wildman–Crippen MR) is 106 cm³/mol. The molecule has 0 atom stereocenters. The van der Waals surface area contributed by atoms with Gasteiger partial charge in [-0.15, -0.1) is 6.58 Å². The Kier molecular flexibility index (Phi) is 5.32. The van der Waals surface area contributed by atoms with E-state index in [4.69, 9.17) is 0 Å². The fourth-order valence-electron chi connectivity index (χ4n) is 2.51. The van der Waals surface area contributed by atoms with Gasteiger partial charge in [0.1, 0.15) is 5.69 Å². The van der Waals surface area contributed by atoms with Crippen molar-refractivity contribution in [3.8, 4) is 0 Å². The molecule has 3 aromatic rings. The number of fused-ring (bicyclic) bond motifs is 1. The van der Waals surface area contributed by atoms with Crippen molar-refractivity contribution in [1.29, 1.82) is 0 Å². The molecule has 0 radical (unpaired) electrons. The van der Waals surface area contributed by atoms with Gasteiger partial charge in [0.2, 0.25) is 0 Å². The predicted octanol–water partition coefficient (Wildman–Crippen LogP) is 3.09. The van der Waals surface area contributed by atoms with Crippen molar-refractivity contribution in [2.45, 2.75) is 0 Å². The Bertz CT molecular complexity index is 1050. The molecule has 1 heterocycles. The molecule has 7 heteroatoms. The van der Waals surface area contributed by atoms with Crippen LogP contribution in [0.1, 0.15) is 10.5 Å². The van der Waals surface area contributed by atoms with E-state index in [1.54, 1.807) is 60.7 Å². The Labute approximate surface area is 155 Å². The number of carbonyl (C=O) groups is 2. The average Bonchev–Trinajstić information content (AvgIpc) is 2.68. The van der Waals surface area contributed by atoms with Gasteiger partial charge in [0.25, 0.3) is 11.5 Å². The Hall–Kier alpha value is -3.87. The first kappa shape index (κ1) is 17.9. The summed E-state index contributed by atoms with van der Waals surface area (Å²) in [7, 11) is 0. The molecule has 0 saturated heterocycles. The number of rotatable bonds is 5. The smallest absolute Gasteiger partial charge is 0.319 e. The van der Waals surface area contributed by atoms with Crippen LogP contribution in [0.5, 0.6) is 0 Å². The van der Waals surface area contributed by atoms with E-state index in [1.165, 1.54) is 0 Å². The molecule has 136 valence electrons. The third-order valence-corrected chi connectivity index (χ3v) is 3.81. The Morgan fingerprint density at radius 3 is 2.37 bits per heavy atom. The van der Waals surface area contributed by atoms with Crippen molar-refractivity contribution >= 4 is 34.1 Å². The number of urea groups is 1. The van der Waals surface area contributed by atoms with E-state index >= 15 is 0 Å². The number of aromatic nitrogens is 1. The van der Waals surface area contributed by atoms with Crippen LogP contribution >= 0.6 is 0 Å². The molecule has 0 aliphatic heterocycles. The van der Waals surface area contributed by atoms with E-state index in [0.717, 1.165) is 0 Å². The molecule has 0 fully saturated rings. The lowest BCUT2D eigenvalue weighted by molar-refractivity contribution is 0.102. The molecule has 1 aromatic heterocycles. The lowest BCUT2D eigenvalue weighted by Gasteiger charge is -2.09. The molecule has 0 spiro atoms. The van der Waals surface area contributed by atoms with Crippen molar-refractivity contribution in [2.24, 2.45) is 0 Å². The van der Waals surface area contributed by atoms with Gasteiger partial charge in [-0.3, -0.25) is 9.59 Å². The molecule has 0 saturated carbocycles. The summed E-state index contributed by atoms with van der Waals surface area (Å²) in [6.07, 6.45) is 1.58. The van der Waals surface area contributed by atoms with Crippen LogP contribution in [0.3, 0.4) is 0 Å². The number of carbonyl (C=O) groups excluding carboxylic acids is 2. The molecule has 0 bridgehead atoms. The van der Waals surface area contributed by atoms with Crippen LogP contribution in [-0.2, 0) is 0 Å². The van der Waals surface area contributed by atoms with Crippen LogP contribution in [0.2, 0.25) is 0 Å². The minimum Gasteiger partial charge on any atom is -0.334 e. The molecule has 2 aromatic carbocycles. The van der Waals surface area contributed by atoms with Crippen LogP contribution in [0, 0.1) is 0 Å². The van der Waals surface area contributed by atoms with Crippen LogP contribution in [-0.4, -0.2) is 23.5 Å². The van der Waals surface area contributed by atoms with E-state index in [9.17, 15) is 14.4 Å². The molecule has 3 amide bonds. The molecule has 0 unspecified atom stereocenters. The topological polar surface area (TPSA) is 103 Å². The second kappa shape index (κ2) is 8.01. The van der Waals surface area contributed by atoms with Gasteiger partial charge < -0.3 is 20.9 Å². The van der Waals surface area contributed by atoms with Gasteiger partial charge in [-0.25, -0.2) is 4.79 Å². The SMILES string of the molecule is C=CCNC(=O)Nc1ccc(NC(=O)c2cc3ccccc3c(=O)[nH]2)cc1. The molecule has 7 nitrogen and oxygen atoms in total. The number of anilines is 2. The third kappa shape index (κ3) is 4.40. The van der Waals surface area contributed by atoms with Gasteiger partial charge in [-0.2, -0.15) is 0 Å². The lowest BCUT2D eigenvalue weighted by Crippen LogP contribution is -2.28.